The van der Waals surface area contributed by atoms with Crippen molar-refractivity contribution in [2.45, 2.75) is 37.6 Å². The van der Waals surface area contributed by atoms with Gasteiger partial charge in [0, 0.05) is 24.4 Å². The summed E-state index contributed by atoms with van der Waals surface area (Å²) in [5.41, 5.74) is 1.06. The van der Waals surface area contributed by atoms with Gasteiger partial charge in [0.2, 0.25) is 0 Å². The Bertz CT molecular complexity index is 452. The Hall–Kier alpha value is -0.970. The van der Waals surface area contributed by atoms with Crippen LogP contribution in [0.4, 0.5) is 0 Å². The van der Waals surface area contributed by atoms with Crippen molar-refractivity contribution in [3.05, 3.63) is 17.7 Å². The fraction of sp³-hybridized carbons (Fsp3) is 0.692. The van der Waals surface area contributed by atoms with Gasteiger partial charge in [0.15, 0.2) is 0 Å². The molecular weight excluding hydrogens is 248 g/mol. The van der Waals surface area contributed by atoms with Gasteiger partial charge in [0.05, 0.1) is 18.7 Å². The van der Waals surface area contributed by atoms with Crippen LogP contribution in [0, 0.1) is 0 Å². The van der Waals surface area contributed by atoms with Gasteiger partial charge in [0.1, 0.15) is 5.82 Å². The minimum atomic E-state index is -0.122. The molecule has 2 unspecified atom stereocenters. The molecule has 5 heteroatoms. The fourth-order valence-corrected chi connectivity index (χ4v) is 4.19. The minimum absolute atomic E-state index is 0.112. The van der Waals surface area contributed by atoms with Gasteiger partial charge in [0.25, 0.3) is 0 Å². The summed E-state index contributed by atoms with van der Waals surface area (Å²) in [5, 5.41) is 0. The molecule has 2 aliphatic heterocycles. The Labute approximate surface area is 111 Å². The van der Waals surface area contributed by atoms with Gasteiger partial charge in [-0.3, -0.25) is 4.79 Å². The lowest BCUT2D eigenvalue weighted by atomic mass is 9.96. The summed E-state index contributed by atoms with van der Waals surface area (Å²) in [6.07, 6.45) is 5.02. The van der Waals surface area contributed by atoms with Crippen molar-refractivity contribution in [2.24, 2.45) is 0 Å². The average Bonchev–Trinajstić information content (AvgIpc) is 3.05. The van der Waals surface area contributed by atoms with E-state index in [0.717, 1.165) is 25.1 Å². The SMILES string of the molecule is COC(=O)C1CCCn2c1cnc2C1CCSC1. The van der Waals surface area contributed by atoms with E-state index >= 15 is 0 Å². The number of rotatable bonds is 2. The quantitative estimate of drug-likeness (QED) is 0.769. The molecule has 3 heterocycles. The van der Waals surface area contributed by atoms with E-state index in [0.29, 0.717) is 5.92 Å². The first-order valence-corrected chi connectivity index (χ1v) is 7.67. The molecule has 98 valence electrons. The van der Waals surface area contributed by atoms with E-state index in [1.165, 1.54) is 30.9 Å². The van der Waals surface area contributed by atoms with Crippen LogP contribution in [0.1, 0.15) is 42.6 Å². The number of ether oxygens (including phenoxy) is 1. The van der Waals surface area contributed by atoms with Crippen molar-refractivity contribution in [2.75, 3.05) is 18.6 Å². The van der Waals surface area contributed by atoms with Gasteiger partial charge in [-0.2, -0.15) is 11.8 Å². The van der Waals surface area contributed by atoms with Crippen molar-refractivity contribution in [3.63, 3.8) is 0 Å². The summed E-state index contributed by atoms with van der Waals surface area (Å²) in [7, 11) is 1.46. The van der Waals surface area contributed by atoms with Crippen molar-refractivity contribution in [1.82, 2.24) is 9.55 Å². The molecule has 0 spiro atoms. The van der Waals surface area contributed by atoms with Gasteiger partial charge >= 0.3 is 5.97 Å². The number of thioether (sulfide) groups is 1. The third kappa shape index (κ3) is 1.94. The second-order valence-corrected chi connectivity index (χ2v) is 6.12. The van der Waals surface area contributed by atoms with Gasteiger partial charge in [-0.1, -0.05) is 0 Å². The van der Waals surface area contributed by atoms with Gasteiger partial charge in [-0.25, -0.2) is 4.98 Å². The molecule has 1 saturated heterocycles. The van der Waals surface area contributed by atoms with Gasteiger partial charge in [-0.15, -0.1) is 0 Å². The zero-order valence-corrected chi connectivity index (χ0v) is 11.4. The van der Waals surface area contributed by atoms with Crippen molar-refractivity contribution in [3.8, 4) is 0 Å². The zero-order valence-electron chi connectivity index (χ0n) is 10.6. The monoisotopic (exact) mass is 266 g/mol. The summed E-state index contributed by atoms with van der Waals surface area (Å²) >= 11 is 2.00. The van der Waals surface area contributed by atoms with E-state index in [-0.39, 0.29) is 11.9 Å². The highest BCUT2D eigenvalue weighted by Crippen LogP contribution is 2.36. The second-order valence-electron chi connectivity index (χ2n) is 4.97. The number of nitrogens with zero attached hydrogens (tertiary/aromatic N) is 2. The number of carbonyl (C=O) groups is 1. The van der Waals surface area contributed by atoms with Gasteiger partial charge < -0.3 is 9.30 Å². The van der Waals surface area contributed by atoms with Crippen LogP contribution in [0.5, 0.6) is 0 Å². The molecule has 1 fully saturated rings. The lowest BCUT2D eigenvalue weighted by molar-refractivity contribution is -0.143. The molecule has 0 N–H and O–H groups in total. The minimum Gasteiger partial charge on any atom is -0.469 e. The first kappa shape index (κ1) is 12.1. The van der Waals surface area contributed by atoms with E-state index in [2.05, 4.69) is 9.55 Å². The summed E-state index contributed by atoms with van der Waals surface area (Å²) < 4.78 is 7.16. The third-order valence-corrected chi connectivity index (χ3v) is 5.09. The van der Waals surface area contributed by atoms with Crippen LogP contribution in [0.25, 0.3) is 0 Å². The summed E-state index contributed by atoms with van der Waals surface area (Å²) in [6, 6.07) is 0. The molecule has 4 nitrogen and oxygen atoms in total. The number of aromatic nitrogens is 2. The van der Waals surface area contributed by atoms with Crippen LogP contribution in [-0.4, -0.2) is 34.1 Å². The predicted molar refractivity (Wildman–Crippen MR) is 70.9 cm³/mol. The van der Waals surface area contributed by atoms with Crippen LogP contribution in [-0.2, 0) is 16.1 Å². The van der Waals surface area contributed by atoms with Gasteiger partial charge in [-0.05, 0) is 25.0 Å². The highest BCUT2D eigenvalue weighted by Gasteiger charge is 2.32. The molecule has 0 radical (unpaired) electrons. The molecule has 0 aromatic carbocycles. The smallest absolute Gasteiger partial charge is 0.314 e. The first-order chi connectivity index (χ1) is 8.81. The maximum atomic E-state index is 11.8. The van der Waals surface area contributed by atoms with Crippen LogP contribution >= 0.6 is 11.8 Å². The molecule has 3 rings (SSSR count). The Morgan fingerprint density at radius 3 is 3.17 bits per heavy atom. The Morgan fingerprint density at radius 2 is 2.44 bits per heavy atom. The molecule has 0 bridgehead atoms. The summed E-state index contributed by atoms with van der Waals surface area (Å²) in [4.78, 5) is 16.4. The van der Waals surface area contributed by atoms with Crippen molar-refractivity contribution in [1.29, 1.82) is 0 Å². The first-order valence-electron chi connectivity index (χ1n) is 6.52. The lowest BCUT2D eigenvalue weighted by Gasteiger charge is -2.24. The topological polar surface area (TPSA) is 44.1 Å². The molecule has 0 amide bonds. The third-order valence-electron chi connectivity index (χ3n) is 3.93. The van der Waals surface area contributed by atoms with E-state index in [1.807, 2.05) is 18.0 Å². The number of hydrogen-bond acceptors (Lipinski definition) is 4. The maximum absolute atomic E-state index is 11.8. The van der Waals surface area contributed by atoms with E-state index in [4.69, 9.17) is 4.74 Å². The molecule has 2 aliphatic rings. The van der Waals surface area contributed by atoms with Crippen LogP contribution in [0.3, 0.4) is 0 Å². The molecule has 0 saturated carbocycles. The highest BCUT2D eigenvalue weighted by atomic mass is 32.2. The van der Waals surface area contributed by atoms with E-state index in [1.54, 1.807) is 0 Å². The van der Waals surface area contributed by atoms with Crippen LogP contribution in [0.2, 0.25) is 0 Å². The summed E-state index contributed by atoms with van der Waals surface area (Å²) in [5.74, 6) is 3.91. The predicted octanol–water partition coefficient (Wildman–Crippen LogP) is 2.15. The molecule has 0 aliphatic carbocycles. The zero-order chi connectivity index (χ0) is 12.5. The van der Waals surface area contributed by atoms with E-state index < -0.39 is 0 Å². The average molecular weight is 266 g/mol. The van der Waals surface area contributed by atoms with Crippen LogP contribution in [0.15, 0.2) is 6.20 Å². The molecule has 1 aromatic rings. The number of imidazole rings is 1. The fourth-order valence-electron chi connectivity index (χ4n) is 2.97. The van der Waals surface area contributed by atoms with Crippen molar-refractivity contribution >= 4 is 17.7 Å². The second kappa shape index (κ2) is 4.96. The molecular formula is C13H18N2O2S. The van der Waals surface area contributed by atoms with Crippen LogP contribution < -0.4 is 0 Å². The molecule has 1 aromatic heterocycles. The number of carbonyl (C=O) groups excluding carboxylic acids is 1. The van der Waals surface area contributed by atoms with Crippen molar-refractivity contribution < 1.29 is 9.53 Å². The number of methoxy groups -OCH3 is 1. The van der Waals surface area contributed by atoms with E-state index in [9.17, 15) is 4.79 Å². The normalized spacial score (nSPS) is 26.9. The molecule has 2 atom stereocenters. The standard InChI is InChI=1S/C13H18N2O2S/c1-17-13(16)10-3-2-5-15-11(10)7-14-12(15)9-4-6-18-8-9/h7,9-10H,2-6,8H2,1H3. The number of fused-ring (bicyclic) bond motifs is 1. The highest BCUT2D eigenvalue weighted by molar-refractivity contribution is 7.99. The number of hydrogen-bond donors (Lipinski definition) is 0. The largest absolute Gasteiger partial charge is 0.469 e. The summed E-state index contributed by atoms with van der Waals surface area (Å²) in [6.45, 7) is 0.999. The maximum Gasteiger partial charge on any atom is 0.314 e. The lowest BCUT2D eigenvalue weighted by Crippen LogP contribution is -2.24. The molecule has 18 heavy (non-hydrogen) atoms. The Balaban J connectivity index is 1.92. The Kier molecular flexibility index (Phi) is 3.33. The number of esters is 1. The Morgan fingerprint density at radius 1 is 1.56 bits per heavy atom.